The van der Waals surface area contributed by atoms with Crippen molar-refractivity contribution in [3.63, 3.8) is 0 Å². The molecule has 1 aliphatic rings. The van der Waals surface area contributed by atoms with Crippen LogP contribution in [0.4, 0.5) is 11.4 Å². The average Bonchev–Trinajstić information content (AvgIpc) is 2.69. The van der Waals surface area contributed by atoms with E-state index in [4.69, 9.17) is 17.0 Å². The summed E-state index contributed by atoms with van der Waals surface area (Å²) in [5.74, 6) is 0. The van der Waals surface area contributed by atoms with Crippen LogP contribution in [0, 0.1) is 0 Å². The predicted molar refractivity (Wildman–Crippen MR) is 113 cm³/mol. The molecule has 2 aromatic carbocycles. The standard InChI is InChI=1S/C21H27N3OS/c1-3-17-5-4-6-19(15-17)22-21(26)23(2)16-18-7-9-20(10-8-18)24-11-13-25-14-12-24/h4-10,15H,3,11-14,16H2,1-2H3,(H,22,26). The smallest absolute Gasteiger partial charge is 0.173 e. The van der Waals surface area contributed by atoms with Crippen LogP contribution in [0.5, 0.6) is 0 Å². The molecule has 0 aliphatic carbocycles. The quantitative estimate of drug-likeness (QED) is 0.807. The van der Waals surface area contributed by atoms with Crippen molar-refractivity contribution in [3.8, 4) is 0 Å². The summed E-state index contributed by atoms with van der Waals surface area (Å²) in [7, 11) is 2.02. The number of ether oxygens (including phenoxy) is 1. The van der Waals surface area contributed by atoms with Crippen LogP contribution in [-0.2, 0) is 17.7 Å². The number of nitrogens with one attached hydrogen (secondary N) is 1. The van der Waals surface area contributed by atoms with E-state index in [0.717, 1.165) is 50.1 Å². The van der Waals surface area contributed by atoms with Gasteiger partial charge in [-0.3, -0.25) is 0 Å². The molecule has 4 nitrogen and oxygen atoms in total. The molecule has 0 radical (unpaired) electrons. The molecule has 0 saturated carbocycles. The highest BCUT2D eigenvalue weighted by Gasteiger charge is 2.11. The van der Waals surface area contributed by atoms with Crippen LogP contribution in [0.25, 0.3) is 0 Å². The molecule has 0 amide bonds. The van der Waals surface area contributed by atoms with Crippen molar-refractivity contribution in [2.75, 3.05) is 43.6 Å². The Labute approximate surface area is 161 Å². The third-order valence-corrected chi connectivity index (χ3v) is 5.08. The number of aryl methyl sites for hydroxylation is 1. The lowest BCUT2D eigenvalue weighted by Crippen LogP contribution is -2.36. The lowest BCUT2D eigenvalue weighted by atomic mass is 10.1. The van der Waals surface area contributed by atoms with Gasteiger partial charge in [-0.05, 0) is 54.0 Å². The fraction of sp³-hybridized carbons (Fsp3) is 0.381. The second kappa shape index (κ2) is 9.01. The number of anilines is 2. The molecule has 26 heavy (non-hydrogen) atoms. The van der Waals surface area contributed by atoms with Crippen LogP contribution in [0.3, 0.4) is 0 Å². The van der Waals surface area contributed by atoms with E-state index in [1.54, 1.807) is 0 Å². The molecule has 1 saturated heterocycles. The van der Waals surface area contributed by atoms with Crippen molar-refractivity contribution in [1.29, 1.82) is 0 Å². The van der Waals surface area contributed by atoms with Crippen molar-refractivity contribution in [3.05, 3.63) is 59.7 Å². The van der Waals surface area contributed by atoms with Gasteiger partial charge in [-0.15, -0.1) is 0 Å². The van der Waals surface area contributed by atoms with Gasteiger partial charge in [0.25, 0.3) is 0 Å². The van der Waals surface area contributed by atoms with E-state index in [0.29, 0.717) is 0 Å². The van der Waals surface area contributed by atoms with E-state index >= 15 is 0 Å². The van der Waals surface area contributed by atoms with Gasteiger partial charge in [0.2, 0.25) is 0 Å². The fourth-order valence-corrected chi connectivity index (χ4v) is 3.25. The molecule has 1 N–H and O–H groups in total. The van der Waals surface area contributed by atoms with Gasteiger partial charge in [0, 0.05) is 38.1 Å². The van der Waals surface area contributed by atoms with Gasteiger partial charge in [0.15, 0.2) is 5.11 Å². The van der Waals surface area contributed by atoms with Crippen LogP contribution in [-0.4, -0.2) is 43.4 Å². The van der Waals surface area contributed by atoms with Gasteiger partial charge in [-0.1, -0.05) is 31.2 Å². The lowest BCUT2D eigenvalue weighted by Gasteiger charge is -2.29. The largest absolute Gasteiger partial charge is 0.378 e. The maximum Gasteiger partial charge on any atom is 0.173 e. The molecule has 2 aromatic rings. The molecule has 0 aromatic heterocycles. The first-order valence-corrected chi connectivity index (χ1v) is 9.59. The topological polar surface area (TPSA) is 27.7 Å². The minimum Gasteiger partial charge on any atom is -0.378 e. The normalized spacial score (nSPS) is 14.2. The lowest BCUT2D eigenvalue weighted by molar-refractivity contribution is 0.122. The highest BCUT2D eigenvalue weighted by molar-refractivity contribution is 7.80. The Morgan fingerprint density at radius 3 is 2.54 bits per heavy atom. The molecule has 1 heterocycles. The molecule has 1 aliphatic heterocycles. The zero-order valence-electron chi connectivity index (χ0n) is 15.6. The molecular weight excluding hydrogens is 342 g/mol. The van der Waals surface area contributed by atoms with Crippen LogP contribution in [0.15, 0.2) is 48.5 Å². The zero-order valence-corrected chi connectivity index (χ0v) is 16.4. The number of thiocarbonyl (C=S) groups is 1. The van der Waals surface area contributed by atoms with E-state index < -0.39 is 0 Å². The molecule has 1 fully saturated rings. The van der Waals surface area contributed by atoms with Gasteiger partial charge in [0.05, 0.1) is 13.2 Å². The van der Waals surface area contributed by atoms with Crippen molar-refractivity contribution < 1.29 is 4.74 Å². The van der Waals surface area contributed by atoms with Crippen LogP contribution in [0.2, 0.25) is 0 Å². The number of hydrogen-bond acceptors (Lipinski definition) is 3. The Hall–Kier alpha value is -2.11. The van der Waals surface area contributed by atoms with E-state index in [1.165, 1.54) is 16.8 Å². The summed E-state index contributed by atoms with van der Waals surface area (Å²) in [5.41, 5.74) is 4.86. The van der Waals surface area contributed by atoms with Crippen LogP contribution >= 0.6 is 12.2 Å². The molecule has 138 valence electrons. The van der Waals surface area contributed by atoms with E-state index in [9.17, 15) is 0 Å². The monoisotopic (exact) mass is 369 g/mol. The first kappa shape index (κ1) is 18.7. The molecule has 0 unspecified atom stereocenters. The van der Waals surface area contributed by atoms with Crippen LogP contribution < -0.4 is 10.2 Å². The van der Waals surface area contributed by atoms with Gasteiger partial charge in [-0.25, -0.2) is 0 Å². The maximum absolute atomic E-state index is 5.56. The number of benzene rings is 2. The van der Waals surface area contributed by atoms with Crippen LogP contribution in [0.1, 0.15) is 18.1 Å². The minimum atomic E-state index is 0.732. The number of rotatable bonds is 5. The van der Waals surface area contributed by atoms with Crippen molar-refractivity contribution in [1.82, 2.24) is 4.90 Å². The zero-order chi connectivity index (χ0) is 18.4. The Morgan fingerprint density at radius 2 is 1.85 bits per heavy atom. The second-order valence-electron chi connectivity index (χ2n) is 6.61. The first-order valence-electron chi connectivity index (χ1n) is 9.18. The summed E-state index contributed by atoms with van der Waals surface area (Å²) < 4.78 is 5.42. The number of morpholine rings is 1. The van der Waals surface area contributed by atoms with Gasteiger partial charge in [0.1, 0.15) is 0 Å². The molecule has 0 spiro atoms. The maximum atomic E-state index is 5.56. The van der Waals surface area contributed by atoms with Crippen molar-refractivity contribution in [2.24, 2.45) is 0 Å². The van der Waals surface area contributed by atoms with Gasteiger partial charge in [-0.2, -0.15) is 0 Å². The third kappa shape index (κ3) is 4.96. The summed E-state index contributed by atoms with van der Waals surface area (Å²) >= 11 is 5.56. The first-order chi connectivity index (χ1) is 12.7. The summed E-state index contributed by atoms with van der Waals surface area (Å²) in [6.45, 7) is 6.48. The Morgan fingerprint density at radius 1 is 1.12 bits per heavy atom. The van der Waals surface area contributed by atoms with Gasteiger partial charge >= 0.3 is 0 Å². The second-order valence-corrected chi connectivity index (χ2v) is 6.99. The Kier molecular flexibility index (Phi) is 6.47. The van der Waals surface area contributed by atoms with E-state index in [-0.39, 0.29) is 0 Å². The highest BCUT2D eigenvalue weighted by Crippen LogP contribution is 2.18. The van der Waals surface area contributed by atoms with Crippen molar-refractivity contribution in [2.45, 2.75) is 19.9 Å². The highest BCUT2D eigenvalue weighted by atomic mass is 32.1. The van der Waals surface area contributed by atoms with Crippen molar-refractivity contribution >= 4 is 28.7 Å². The Balaban J connectivity index is 1.56. The third-order valence-electron chi connectivity index (χ3n) is 4.67. The number of nitrogens with zero attached hydrogens (tertiary/aromatic N) is 2. The predicted octanol–water partition coefficient (Wildman–Crippen LogP) is 3.91. The van der Waals surface area contributed by atoms with E-state index in [2.05, 4.69) is 70.6 Å². The van der Waals surface area contributed by atoms with E-state index in [1.807, 2.05) is 7.05 Å². The minimum absolute atomic E-state index is 0.732. The fourth-order valence-electron chi connectivity index (χ4n) is 3.07. The SMILES string of the molecule is CCc1cccc(NC(=S)N(C)Cc2ccc(N3CCOCC3)cc2)c1. The summed E-state index contributed by atoms with van der Waals surface area (Å²) in [5, 5.41) is 4.07. The summed E-state index contributed by atoms with van der Waals surface area (Å²) in [6, 6.07) is 17.1. The summed E-state index contributed by atoms with van der Waals surface area (Å²) in [6.07, 6.45) is 1.02. The molecule has 3 rings (SSSR count). The van der Waals surface area contributed by atoms with Gasteiger partial charge < -0.3 is 19.9 Å². The Bertz CT molecular complexity index is 726. The molecule has 0 bridgehead atoms. The molecule has 0 atom stereocenters. The number of hydrogen-bond donors (Lipinski definition) is 1. The molecular formula is C21H27N3OS. The summed E-state index contributed by atoms with van der Waals surface area (Å²) in [4.78, 5) is 4.43. The average molecular weight is 370 g/mol. The molecule has 5 heteroatoms.